The first-order valence-electron chi connectivity index (χ1n) is 10.4. The first-order chi connectivity index (χ1) is 15.2. The number of piperidine rings is 1. The Morgan fingerprint density at radius 1 is 1.06 bits per heavy atom. The third-order valence-electron chi connectivity index (χ3n) is 5.72. The monoisotopic (exact) mass is 414 g/mol. The molecule has 0 aliphatic carbocycles. The van der Waals surface area contributed by atoms with E-state index in [1.165, 1.54) is 6.07 Å². The minimum atomic E-state index is -0.101. The molecule has 31 heavy (non-hydrogen) atoms. The molecule has 0 bridgehead atoms. The summed E-state index contributed by atoms with van der Waals surface area (Å²) in [5, 5.41) is 4.09. The van der Waals surface area contributed by atoms with Crippen LogP contribution in [0, 0.1) is 0 Å². The predicted octanol–water partition coefficient (Wildman–Crippen LogP) is 3.58. The Bertz CT molecular complexity index is 1270. The summed E-state index contributed by atoms with van der Waals surface area (Å²) in [5.41, 5.74) is 3.09. The number of pyridine rings is 2. The van der Waals surface area contributed by atoms with Crippen LogP contribution in [0.2, 0.25) is 0 Å². The Kier molecular flexibility index (Phi) is 5.00. The number of rotatable bonds is 4. The van der Waals surface area contributed by atoms with E-state index in [4.69, 9.17) is 4.42 Å². The summed E-state index contributed by atoms with van der Waals surface area (Å²) in [7, 11) is 0. The highest BCUT2D eigenvalue weighted by Gasteiger charge is 2.22. The molecule has 1 aliphatic rings. The van der Waals surface area contributed by atoms with Gasteiger partial charge in [0.15, 0.2) is 0 Å². The molecule has 7 nitrogen and oxygen atoms in total. The summed E-state index contributed by atoms with van der Waals surface area (Å²) in [5.74, 6) is 0.752. The number of aromatic nitrogens is 2. The summed E-state index contributed by atoms with van der Waals surface area (Å²) >= 11 is 0. The molecule has 156 valence electrons. The molecule has 1 aliphatic heterocycles. The highest BCUT2D eigenvalue weighted by molar-refractivity contribution is 5.96. The molecule has 1 fully saturated rings. The van der Waals surface area contributed by atoms with Crippen molar-refractivity contribution >= 4 is 22.7 Å². The number of amides is 1. The van der Waals surface area contributed by atoms with Crippen LogP contribution in [-0.2, 0) is 0 Å². The maximum atomic E-state index is 12.7. The number of carbonyl (C=O) groups excluding carboxylic acids is 1. The number of H-pyrrole nitrogens is 1. The number of fused-ring (bicyclic) bond motifs is 1. The maximum Gasteiger partial charge on any atom is 0.251 e. The molecule has 0 saturated carbocycles. The number of nitrogens with one attached hydrogen (secondary N) is 2. The van der Waals surface area contributed by atoms with Crippen molar-refractivity contribution in [3.05, 3.63) is 83.0 Å². The number of anilines is 1. The molecular formula is C24H22N4O3. The zero-order valence-electron chi connectivity index (χ0n) is 16.9. The Hall–Kier alpha value is -3.87. The SMILES string of the molecule is O=C(NC1CCN(c2cccc(=O)[nH]2)CC1)c1ccc(-c2nccc3occc23)cc1. The third kappa shape index (κ3) is 3.94. The van der Waals surface area contributed by atoms with Gasteiger partial charge >= 0.3 is 0 Å². The van der Waals surface area contributed by atoms with E-state index >= 15 is 0 Å². The van der Waals surface area contributed by atoms with Crippen molar-refractivity contribution in [1.82, 2.24) is 15.3 Å². The third-order valence-corrected chi connectivity index (χ3v) is 5.72. The Labute approximate surface area is 178 Å². The average molecular weight is 414 g/mol. The molecule has 5 rings (SSSR count). The number of hydrogen-bond acceptors (Lipinski definition) is 5. The van der Waals surface area contributed by atoms with Gasteiger partial charge in [-0.05, 0) is 43.2 Å². The van der Waals surface area contributed by atoms with Gasteiger partial charge in [0.2, 0.25) is 5.56 Å². The van der Waals surface area contributed by atoms with Crippen molar-refractivity contribution < 1.29 is 9.21 Å². The van der Waals surface area contributed by atoms with E-state index < -0.39 is 0 Å². The Balaban J connectivity index is 1.22. The number of furan rings is 1. The van der Waals surface area contributed by atoms with Crippen molar-refractivity contribution in [2.75, 3.05) is 18.0 Å². The van der Waals surface area contributed by atoms with Crippen LogP contribution in [-0.4, -0.2) is 35.0 Å². The predicted molar refractivity (Wildman–Crippen MR) is 119 cm³/mol. The van der Waals surface area contributed by atoms with Crippen molar-refractivity contribution in [2.45, 2.75) is 18.9 Å². The van der Waals surface area contributed by atoms with Crippen LogP contribution in [0.3, 0.4) is 0 Å². The topological polar surface area (TPSA) is 91.2 Å². The van der Waals surface area contributed by atoms with E-state index in [1.807, 2.05) is 42.5 Å². The van der Waals surface area contributed by atoms with Gasteiger partial charge in [0.25, 0.3) is 5.91 Å². The van der Waals surface area contributed by atoms with E-state index in [-0.39, 0.29) is 17.5 Å². The molecule has 0 atom stereocenters. The first kappa shape index (κ1) is 19.1. The van der Waals surface area contributed by atoms with Crippen LogP contribution in [0.25, 0.3) is 22.2 Å². The van der Waals surface area contributed by atoms with E-state index in [9.17, 15) is 9.59 Å². The average Bonchev–Trinajstić information content (AvgIpc) is 3.29. The van der Waals surface area contributed by atoms with Crippen LogP contribution >= 0.6 is 0 Å². The van der Waals surface area contributed by atoms with Gasteiger partial charge in [-0.3, -0.25) is 14.6 Å². The van der Waals surface area contributed by atoms with Crippen molar-refractivity contribution in [2.24, 2.45) is 0 Å². The van der Waals surface area contributed by atoms with E-state index in [2.05, 4.69) is 20.2 Å². The van der Waals surface area contributed by atoms with E-state index in [0.29, 0.717) is 5.56 Å². The molecule has 7 heteroatoms. The lowest BCUT2D eigenvalue weighted by molar-refractivity contribution is 0.0931. The van der Waals surface area contributed by atoms with Gasteiger partial charge < -0.3 is 19.6 Å². The quantitative estimate of drug-likeness (QED) is 0.533. The normalized spacial score (nSPS) is 14.6. The summed E-state index contributed by atoms with van der Waals surface area (Å²) < 4.78 is 5.44. The lowest BCUT2D eigenvalue weighted by atomic mass is 10.0. The van der Waals surface area contributed by atoms with Gasteiger partial charge in [-0.25, -0.2) is 0 Å². The van der Waals surface area contributed by atoms with Gasteiger partial charge in [0.05, 0.1) is 12.0 Å². The zero-order chi connectivity index (χ0) is 21.2. The minimum absolute atomic E-state index is 0.0763. The summed E-state index contributed by atoms with van der Waals surface area (Å²) in [6.07, 6.45) is 5.03. The fraction of sp³-hybridized carbons (Fsp3) is 0.208. The molecule has 3 aromatic heterocycles. The summed E-state index contributed by atoms with van der Waals surface area (Å²) in [6, 6.07) is 16.5. The maximum absolute atomic E-state index is 12.7. The van der Waals surface area contributed by atoms with E-state index in [1.54, 1.807) is 18.5 Å². The van der Waals surface area contributed by atoms with Crippen molar-refractivity contribution in [3.8, 4) is 11.3 Å². The summed E-state index contributed by atoms with van der Waals surface area (Å²) in [6.45, 7) is 1.56. The molecule has 0 spiro atoms. The standard InChI is InChI=1S/C24H22N4O3/c29-22-3-1-2-21(27-22)28-13-9-18(10-14-28)26-24(30)17-6-4-16(5-7-17)23-19-11-15-31-20(19)8-12-25-23/h1-8,11-12,15,18H,9-10,13-14H2,(H,26,30)(H,27,29). The van der Waals surface area contributed by atoms with Crippen molar-refractivity contribution in [1.29, 1.82) is 0 Å². The number of carbonyl (C=O) groups is 1. The lowest BCUT2D eigenvalue weighted by Crippen LogP contribution is -2.45. The fourth-order valence-electron chi connectivity index (χ4n) is 4.06. The molecule has 1 amide bonds. The van der Waals surface area contributed by atoms with E-state index in [0.717, 1.165) is 54.0 Å². The highest BCUT2D eigenvalue weighted by atomic mass is 16.3. The smallest absolute Gasteiger partial charge is 0.251 e. The molecule has 4 aromatic rings. The van der Waals surface area contributed by atoms with Gasteiger partial charge in [-0.2, -0.15) is 0 Å². The number of benzene rings is 1. The van der Waals surface area contributed by atoms with Crippen molar-refractivity contribution in [3.63, 3.8) is 0 Å². The van der Waals surface area contributed by atoms with Crippen LogP contribution < -0.4 is 15.8 Å². The van der Waals surface area contributed by atoms with Gasteiger partial charge in [0, 0.05) is 47.9 Å². The minimum Gasteiger partial charge on any atom is -0.464 e. The zero-order valence-corrected chi connectivity index (χ0v) is 16.9. The first-order valence-corrected chi connectivity index (χ1v) is 10.4. The number of nitrogens with zero attached hydrogens (tertiary/aromatic N) is 2. The molecule has 4 heterocycles. The second-order valence-electron chi connectivity index (χ2n) is 7.70. The molecule has 1 aromatic carbocycles. The second-order valence-corrected chi connectivity index (χ2v) is 7.70. The number of aromatic amines is 1. The van der Waals surface area contributed by atoms with Crippen LogP contribution in [0.4, 0.5) is 5.82 Å². The molecule has 1 saturated heterocycles. The largest absolute Gasteiger partial charge is 0.464 e. The van der Waals surface area contributed by atoms with Gasteiger partial charge in [0.1, 0.15) is 11.4 Å². The fourth-order valence-corrected chi connectivity index (χ4v) is 4.06. The Morgan fingerprint density at radius 3 is 2.65 bits per heavy atom. The summed E-state index contributed by atoms with van der Waals surface area (Å²) in [4.78, 5) is 33.7. The molecule has 0 unspecified atom stereocenters. The van der Waals surface area contributed by atoms with Crippen LogP contribution in [0.15, 0.2) is 76.3 Å². The van der Waals surface area contributed by atoms with Crippen LogP contribution in [0.1, 0.15) is 23.2 Å². The van der Waals surface area contributed by atoms with Crippen LogP contribution in [0.5, 0.6) is 0 Å². The highest BCUT2D eigenvalue weighted by Crippen LogP contribution is 2.27. The second kappa shape index (κ2) is 8.10. The van der Waals surface area contributed by atoms with Gasteiger partial charge in [-0.1, -0.05) is 18.2 Å². The molecule has 2 N–H and O–H groups in total. The lowest BCUT2D eigenvalue weighted by Gasteiger charge is -2.33. The van der Waals surface area contributed by atoms with Gasteiger partial charge in [-0.15, -0.1) is 0 Å². The number of hydrogen-bond donors (Lipinski definition) is 2. The molecular weight excluding hydrogens is 392 g/mol. The molecule has 0 radical (unpaired) electrons. The Morgan fingerprint density at radius 2 is 1.87 bits per heavy atom.